The van der Waals surface area contributed by atoms with E-state index in [0.29, 0.717) is 0 Å². The van der Waals surface area contributed by atoms with Crippen LogP contribution in [0, 0.1) is 6.92 Å². The van der Waals surface area contributed by atoms with Crippen LogP contribution in [0.15, 0.2) is 16.6 Å². The fourth-order valence-corrected chi connectivity index (χ4v) is 4.07. The molecule has 0 amide bonds. The van der Waals surface area contributed by atoms with Gasteiger partial charge in [0.2, 0.25) is 0 Å². The Hall–Kier alpha value is -0.800. The number of rotatable bonds is 2. The Morgan fingerprint density at radius 1 is 1.37 bits per heavy atom. The van der Waals surface area contributed by atoms with E-state index in [1.54, 1.807) is 0 Å². The van der Waals surface area contributed by atoms with Crippen molar-refractivity contribution < 1.29 is 5.11 Å². The number of aliphatic hydroxyl groups is 1. The van der Waals surface area contributed by atoms with Gasteiger partial charge in [-0.2, -0.15) is 0 Å². The molecule has 3 heteroatoms. The highest BCUT2D eigenvalue weighted by Gasteiger charge is 2.44. The molecule has 19 heavy (non-hydrogen) atoms. The van der Waals surface area contributed by atoms with Crippen LogP contribution in [0.2, 0.25) is 0 Å². The Balaban J connectivity index is 2.04. The minimum absolute atomic E-state index is 0.0670. The Bertz CT molecular complexity index is 682. The molecule has 2 aromatic rings. The average Bonchev–Trinajstić information content (AvgIpc) is 3.20. The summed E-state index contributed by atoms with van der Waals surface area (Å²) >= 11 is 3.76. The summed E-state index contributed by atoms with van der Waals surface area (Å²) in [4.78, 5) is 0. The van der Waals surface area contributed by atoms with Crippen LogP contribution in [0.3, 0.4) is 0 Å². The van der Waals surface area contributed by atoms with E-state index in [1.165, 1.54) is 45.0 Å². The molecule has 0 radical (unpaired) electrons. The molecular weight excluding hydrogens is 302 g/mol. The van der Waals surface area contributed by atoms with E-state index in [-0.39, 0.29) is 12.0 Å². The third-order valence-corrected chi connectivity index (χ3v) is 6.02. The van der Waals surface area contributed by atoms with Crippen molar-refractivity contribution in [2.24, 2.45) is 0 Å². The van der Waals surface area contributed by atoms with Crippen LogP contribution in [0.25, 0.3) is 10.9 Å². The van der Waals surface area contributed by atoms with Gasteiger partial charge in [-0.1, -0.05) is 6.07 Å². The molecule has 0 bridgehead atoms. The van der Waals surface area contributed by atoms with Crippen LogP contribution in [0.4, 0.5) is 0 Å². The topological polar surface area (TPSA) is 25.2 Å². The summed E-state index contributed by atoms with van der Waals surface area (Å²) in [6.45, 7) is 3.61. The molecule has 0 saturated heterocycles. The van der Waals surface area contributed by atoms with E-state index in [9.17, 15) is 5.11 Å². The lowest BCUT2D eigenvalue weighted by atomic mass is 9.91. The molecule has 1 aliphatic heterocycles. The number of halogens is 1. The maximum Gasteiger partial charge on any atom is 0.0527 e. The fraction of sp³-hybridized carbons (Fsp3) is 0.500. The first-order valence-electron chi connectivity index (χ1n) is 7.09. The van der Waals surface area contributed by atoms with Gasteiger partial charge >= 0.3 is 0 Å². The van der Waals surface area contributed by atoms with Gasteiger partial charge in [0.1, 0.15) is 0 Å². The van der Waals surface area contributed by atoms with Crippen molar-refractivity contribution in [1.29, 1.82) is 0 Å². The van der Waals surface area contributed by atoms with Gasteiger partial charge in [-0.15, -0.1) is 0 Å². The highest BCUT2D eigenvalue weighted by molar-refractivity contribution is 9.10. The molecule has 2 heterocycles. The number of benzene rings is 1. The number of hydrogen-bond donors (Lipinski definition) is 1. The predicted octanol–water partition coefficient (Wildman–Crippen LogP) is 3.68. The summed E-state index contributed by atoms with van der Waals surface area (Å²) in [5.74, 6) is 0. The maximum atomic E-state index is 9.67. The van der Waals surface area contributed by atoms with E-state index < -0.39 is 0 Å². The van der Waals surface area contributed by atoms with Gasteiger partial charge in [-0.25, -0.2) is 0 Å². The molecular formula is C16H18BrNO. The van der Waals surface area contributed by atoms with Crippen molar-refractivity contribution in [2.75, 3.05) is 6.61 Å². The Morgan fingerprint density at radius 3 is 2.84 bits per heavy atom. The molecule has 1 aromatic heterocycles. The van der Waals surface area contributed by atoms with Gasteiger partial charge in [0.05, 0.1) is 12.1 Å². The highest BCUT2D eigenvalue weighted by atomic mass is 79.9. The fourth-order valence-electron chi connectivity index (χ4n) is 3.55. The summed E-state index contributed by atoms with van der Waals surface area (Å²) in [6, 6.07) is 4.66. The first-order valence-corrected chi connectivity index (χ1v) is 7.88. The third-order valence-electron chi connectivity index (χ3n) is 5.01. The lowest BCUT2D eigenvalue weighted by Gasteiger charge is -2.20. The quantitative estimate of drug-likeness (QED) is 0.897. The molecule has 1 saturated carbocycles. The van der Waals surface area contributed by atoms with Crippen LogP contribution in [-0.2, 0) is 18.4 Å². The molecule has 0 unspecified atom stereocenters. The van der Waals surface area contributed by atoms with Crippen LogP contribution < -0.4 is 0 Å². The van der Waals surface area contributed by atoms with Crippen LogP contribution >= 0.6 is 15.9 Å². The van der Waals surface area contributed by atoms with Crippen LogP contribution in [-0.4, -0.2) is 16.3 Å². The molecule has 1 aliphatic carbocycles. The minimum atomic E-state index is 0.0670. The number of aromatic nitrogens is 1. The van der Waals surface area contributed by atoms with Gasteiger partial charge in [0, 0.05) is 27.5 Å². The van der Waals surface area contributed by atoms with Crippen LogP contribution in [0.1, 0.15) is 36.1 Å². The maximum absolute atomic E-state index is 9.67. The SMILES string of the molecule is Cc1c(Br)c2cc(C3(CO)CC3)cc3c2n1CCC3. The largest absolute Gasteiger partial charge is 0.395 e. The van der Waals surface area contributed by atoms with Crippen molar-refractivity contribution in [2.45, 2.75) is 44.6 Å². The molecule has 1 N–H and O–H groups in total. The van der Waals surface area contributed by atoms with E-state index in [2.05, 4.69) is 39.6 Å². The minimum Gasteiger partial charge on any atom is -0.395 e. The molecule has 0 spiro atoms. The van der Waals surface area contributed by atoms with Crippen molar-refractivity contribution in [1.82, 2.24) is 4.57 Å². The summed E-state index contributed by atoms with van der Waals surface area (Å²) < 4.78 is 3.68. The average molecular weight is 320 g/mol. The number of nitrogens with zero attached hydrogens (tertiary/aromatic N) is 1. The molecule has 1 fully saturated rings. The van der Waals surface area contributed by atoms with Crippen molar-refractivity contribution in [3.05, 3.63) is 33.4 Å². The summed E-state index contributed by atoms with van der Waals surface area (Å²) in [5.41, 5.74) is 5.62. The third kappa shape index (κ3) is 1.52. The molecule has 2 aliphatic rings. The van der Waals surface area contributed by atoms with Gasteiger partial charge in [0.25, 0.3) is 0 Å². The van der Waals surface area contributed by atoms with Crippen molar-refractivity contribution in [3.63, 3.8) is 0 Å². The monoisotopic (exact) mass is 319 g/mol. The Labute approximate surface area is 121 Å². The lowest BCUT2D eigenvalue weighted by Crippen LogP contribution is -2.14. The summed E-state index contributed by atoms with van der Waals surface area (Å²) in [7, 11) is 0. The summed E-state index contributed by atoms with van der Waals surface area (Å²) in [6.07, 6.45) is 4.65. The second-order valence-corrected chi connectivity index (χ2v) is 6.92. The zero-order valence-electron chi connectivity index (χ0n) is 11.2. The molecule has 100 valence electrons. The van der Waals surface area contributed by atoms with E-state index >= 15 is 0 Å². The first-order chi connectivity index (χ1) is 9.16. The first kappa shape index (κ1) is 12.0. The summed E-state index contributed by atoms with van der Waals surface area (Å²) in [5, 5.41) is 11.0. The zero-order chi connectivity index (χ0) is 13.2. The molecule has 0 atom stereocenters. The van der Waals surface area contributed by atoms with Gasteiger partial charge < -0.3 is 9.67 Å². The number of aryl methyl sites for hydroxylation is 2. The second-order valence-electron chi connectivity index (χ2n) is 6.12. The van der Waals surface area contributed by atoms with E-state index in [0.717, 1.165) is 19.4 Å². The molecule has 2 nitrogen and oxygen atoms in total. The van der Waals surface area contributed by atoms with Crippen LogP contribution in [0.5, 0.6) is 0 Å². The van der Waals surface area contributed by atoms with E-state index in [4.69, 9.17) is 0 Å². The predicted molar refractivity (Wildman–Crippen MR) is 80.7 cm³/mol. The van der Waals surface area contributed by atoms with Gasteiger partial charge in [-0.3, -0.25) is 0 Å². The number of aliphatic hydroxyl groups excluding tert-OH is 1. The highest BCUT2D eigenvalue weighted by Crippen LogP contribution is 2.50. The molecule has 1 aromatic carbocycles. The Morgan fingerprint density at radius 2 is 2.16 bits per heavy atom. The smallest absolute Gasteiger partial charge is 0.0527 e. The van der Waals surface area contributed by atoms with Gasteiger partial charge in [0.15, 0.2) is 0 Å². The number of hydrogen-bond acceptors (Lipinski definition) is 1. The normalized spacial score (nSPS) is 19.9. The second kappa shape index (κ2) is 3.86. The standard InChI is InChI=1S/C16H18BrNO/c1-10-14(17)13-8-12(16(9-19)4-5-16)7-11-3-2-6-18(10)15(11)13/h7-8,19H,2-6,9H2,1H3. The Kier molecular flexibility index (Phi) is 2.43. The van der Waals surface area contributed by atoms with Crippen molar-refractivity contribution in [3.8, 4) is 0 Å². The van der Waals surface area contributed by atoms with E-state index in [1.807, 2.05) is 0 Å². The van der Waals surface area contributed by atoms with Gasteiger partial charge in [-0.05, 0) is 65.7 Å². The van der Waals surface area contributed by atoms with Crippen molar-refractivity contribution >= 4 is 26.8 Å². The lowest BCUT2D eigenvalue weighted by molar-refractivity contribution is 0.255. The molecule has 4 rings (SSSR count). The zero-order valence-corrected chi connectivity index (χ0v) is 12.8.